The molecule has 2 aromatic rings. The molecule has 0 saturated heterocycles. The Morgan fingerprint density at radius 3 is 2.38 bits per heavy atom. The van der Waals surface area contributed by atoms with Crippen molar-refractivity contribution in [3.05, 3.63) is 65.5 Å². The molecule has 0 radical (unpaired) electrons. The van der Waals surface area contributed by atoms with E-state index in [2.05, 4.69) is 10.6 Å². The zero-order chi connectivity index (χ0) is 15.2. The van der Waals surface area contributed by atoms with Gasteiger partial charge in [-0.25, -0.2) is 9.18 Å². The highest BCUT2D eigenvalue weighted by molar-refractivity contribution is 5.89. The van der Waals surface area contributed by atoms with Gasteiger partial charge in [-0.05, 0) is 36.8 Å². The molecule has 3 N–H and O–H groups in total. The quantitative estimate of drug-likeness (QED) is 0.810. The molecular formula is C16H17FN2O2. The minimum atomic E-state index is -0.774. The first-order valence-corrected chi connectivity index (χ1v) is 6.59. The van der Waals surface area contributed by atoms with Gasteiger partial charge in [-0.3, -0.25) is 0 Å². The number of carbonyl (C=O) groups excluding carboxylic acids is 1. The molecule has 0 fully saturated rings. The molecule has 0 bridgehead atoms. The number of aliphatic hydroxyl groups is 1. The zero-order valence-corrected chi connectivity index (χ0v) is 11.6. The van der Waals surface area contributed by atoms with Crippen LogP contribution in [0.1, 0.15) is 17.2 Å². The van der Waals surface area contributed by atoms with Crippen molar-refractivity contribution in [1.29, 1.82) is 0 Å². The zero-order valence-electron chi connectivity index (χ0n) is 11.6. The molecule has 0 spiro atoms. The fourth-order valence-electron chi connectivity index (χ4n) is 1.80. The molecule has 0 aliphatic rings. The van der Waals surface area contributed by atoms with E-state index in [1.165, 1.54) is 24.3 Å². The Balaban J connectivity index is 1.83. The number of anilines is 1. The molecule has 110 valence electrons. The lowest BCUT2D eigenvalue weighted by atomic mass is 10.1. The average molecular weight is 288 g/mol. The molecule has 0 aliphatic carbocycles. The number of amides is 2. The fourth-order valence-corrected chi connectivity index (χ4v) is 1.80. The normalized spacial score (nSPS) is 11.8. The lowest BCUT2D eigenvalue weighted by molar-refractivity contribution is 0.175. The van der Waals surface area contributed by atoms with Gasteiger partial charge in [-0.15, -0.1) is 0 Å². The van der Waals surface area contributed by atoms with Gasteiger partial charge in [0.25, 0.3) is 0 Å². The Morgan fingerprint density at radius 2 is 1.76 bits per heavy atom. The summed E-state index contributed by atoms with van der Waals surface area (Å²) in [5.74, 6) is -0.365. The largest absolute Gasteiger partial charge is 0.387 e. The van der Waals surface area contributed by atoms with Crippen molar-refractivity contribution in [3.63, 3.8) is 0 Å². The van der Waals surface area contributed by atoms with Crippen LogP contribution in [-0.4, -0.2) is 17.7 Å². The van der Waals surface area contributed by atoms with E-state index in [0.29, 0.717) is 5.69 Å². The number of aryl methyl sites for hydroxylation is 1. The van der Waals surface area contributed by atoms with E-state index in [1.807, 2.05) is 31.2 Å². The maximum absolute atomic E-state index is 12.7. The van der Waals surface area contributed by atoms with Crippen LogP contribution in [0.25, 0.3) is 0 Å². The maximum Gasteiger partial charge on any atom is 0.319 e. The summed E-state index contributed by atoms with van der Waals surface area (Å²) in [5, 5.41) is 15.1. The molecular weight excluding hydrogens is 271 g/mol. The number of benzene rings is 2. The third-order valence-corrected chi connectivity index (χ3v) is 3.02. The maximum atomic E-state index is 12.7. The van der Waals surface area contributed by atoms with Crippen LogP contribution in [0.5, 0.6) is 0 Å². The number of rotatable bonds is 4. The summed E-state index contributed by atoms with van der Waals surface area (Å²) in [5.41, 5.74) is 2.33. The number of hydrogen-bond acceptors (Lipinski definition) is 2. The van der Waals surface area contributed by atoms with E-state index >= 15 is 0 Å². The van der Waals surface area contributed by atoms with Gasteiger partial charge in [-0.1, -0.05) is 29.8 Å². The van der Waals surface area contributed by atoms with Crippen LogP contribution in [0.4, 0.5) is 14.9 Å². The van der Waals surface area contributed by atoms with Crippen molar-refractivity contribution in [2.45, 2.75) is 13.0 Å². The predicted molar refractivity (Wildman–Crippen MR) is 79.6 cm³/mol. The van der Waals surface area contributed by atoms with Crippen LogP contribution in [-0.2, 0) is 0 Å². The topological polar surface area (TPSA) is 61.4 Å². The second-order valence-corrected chi connectivity index (χ2v) is 4.77. The third-order valence-electron chi connectivity index (χ3n) is 3.02. The molecule has 0 heterocycles. The fraction of sp³-hybridized carbons (Fsp3) is 0.188. The van der Waals surface area contributed by atoms with Crippen LogP contribution >= 0.6 is 0 Å². The molecule has 1 atom stereocenters. The number of nitrogens with one attached hydrogen (secondary N) is 2. The number of carbonyl (C=O) groups is 1. The van der Waals surface area contributed by atoms with Crippen molar-refractivity contribution >= 4 is 11.7 Å². The van der Waals surface area contributed by atoms with E-state index in [-0.39, 0.29) is 12.4 Å². The van der Waals surface area contributed by atoms with Gasteiger partial charge in [0.05, 0.1) is 6.10 Å². The standard InChI is InChI=1S/C16H17FN2O2/c1-11-2-4-12(5-3-11)15(20)10-18-16(21)19-14-8-6-13(17)7-9-14/h2-9,15,20H,10H2,1H3,(H2,18,19,21). The van der Waals surface area contributed by atoms with Gasteiger partial charge < -0.3 is 15.7 Å². The highest BCUT2D eigenvalue weighted by atomic mass is 19.1. The van der Waals surface area contributed by atoms with Crippen molar-refractivity contribution in [2.24, 2.45) is 0 Å². The number of hydrogen-bond donors (Lipinski definition) is 3. The van der Waals surface area contributed by atoms with Crippen molar-refractivity contribution < 1.29 is 14.3 Å². The van der Waals surface area contributed by atoms with Crippen LogP contribution in [0.15, 0.2) is 48.5 Å². The predicted octanol–water partition coefficient (Wildman–Crippen LogP) is 2.99. The summed E-state index contributed by atoms with van der Waals surface area (Å²) in [6.45, 7) is 2.06. The monoisotopic (exact) mass is 288 g/mol. The Hall–Kier alpha value is -2.40. The molecule has 0 saturated carbocycles. The van der Waals surface area contributed by atoms with Crippen LogP contribution in [0.3, 0.4) is 0 Å². The first-order chi connectivity index (χ1) is 10.0. The van der Waals surface area contributed by atoms with Crippen LogP contribution < -0.4 is 10.6 Å². The second-order valence-electron chi connectivity index (χ2n) is 4.77. The van der Waals surface area contributed by atoms with Gasteiger partial charge in [0.1, 0.15) is 5.82 Å². The van der Waals surface area contributed by atoms with Crippen molar-refractivity contribution in [3.8, 4) is 0 Å². The molecule has 21 heavy (non-hydrogen) atoms. The Morgan fingerprint density at radius 1 is 1.14 bits per heavy atom. The molecule has 2 aromatic carbocycles. The Kier molecular flexibility index (Phi) is 4.90. The van der Waals surface area contributed by atoms with Gasteiger partial charge >= 0.3 is 6.03 Å². The number of urea groups is 1. The highest BCUT2D eigenvalue weighted by Crippen LogP contribution is 2.13. The van der Waals surface area contributed by atoms with E-state index in [1.54, 1.807) is 0 Å². The molecule has 1 unspecified atom stereocenters. The summed E-state index contributed by atoms with van der Waals surface area (Å²) in [7, 11) is 0. The van der Waals surface area contributed by atoms with Crippen LogP contribution in [0.2, 0.25) is 0 Å². The minimum Gasteiger partial charge on any atom is -0.387 e. The smallest absolute Gasteiger partial charge is 0.319 e. The van der Waals surface area contributed by atoms with Crippen LogP contribution in [0, 0.1) is 12.7 Å². The van der Waals surface area contributed by atoms with Gasteiger partial charge in [-0.2, -0.15) is 0 Å². The lowest BCUT2D eigenvalue weighted by Crippen LogP contribution is -2.32. The van der Waals surface area contributed by atoms with E-state index in [0.717, 1.165) is 11.1 Å². The van der Waals surface area contributed by atoms with E-state index in [4.69, 9.17) is 0 Å². The van der Waals surface area contributed by atoms with E-state index in [9.17, 15) is 14.3 Å². The summed E-state index contributed by atoms with van der Waals surface area (Å²) in [6.07, 6.45) is -0.774. The SMILES string of the molecule is Cc1ccc(C(O)CNC(=O)Nc2ccc(F)cc2)cc1. The van der Waals surface area contributed by atoms with Gasteiger partial charge in [0, 0.05) is 12.2 Å². The molecule has 2 rings (SSSR count). The summed E-state index contributed by atoms with van der Waals surface area (Å²) in [4.78, 5) is 11.7. The average Bonchev–Trinajstić information content (AvgIpc) is 2.48. The molecule has 5 heteroatoms. The van der Waals surface area contributed by atoms with E-state index < -0.39 is 12.1 Å². The Labute approximate surface area is 122 Å². The molecule has 4 nitrogen and oxygen atoms in total. The summed E-state index contributed by atoms with van der Waals surface area (Å²) in [6, 6.07) is 12.4. The number of aliphatic hydroxyl groups excluding tert-OH is 1. The van der Waals surface area contributed by atoms with Crippen molar-refractivity contribution in [1.82, 2.24) is 5.32 Å². The lowest BCUT2D eigenvalue weighted by Gasteiger charge is -2.13. The first kappa shape index (κ1) is 15.0. The minimum absolute atomic E-state index is 0.0933. The van der Waals surface area contributed by atoms with Gasteiger partial charge in [0.15, 0.2) is 0 Å². The molecule has 0 aliphatic heterocycles. The summed E-state index contributed by atoms with van der Waals surface area (Å²) < 4.78 is 12.7. The first-order valence-electron chi connectivity index (χ1n) is 6.59. The summed E-state index contributed by atoms with van der Waals surface area (Å²) >= 11 is 0. The Bertz CT molecular complexity index is 597. The second kappa shape index (κ2) is 6.85. The third kappa shape index (κ3) is 4.57. The molecule has 0 aromatic heterocycles. The van der Waals surface area contributed by atoms with Crippen molar-refractivity contribution in [2.75, 3.05) is 11.9 Å². The highest BCUT2D eigenvalue weighted by Gasteiger charge is 2.09. The number of halogens is 1. The molecule has 2 amide bonds. The van der Waals surface area contributed by atoms with Gasteiger partial charge in [0.2, 0.25) is 0 Å².